The number of rotatable bonds is 1. The summed E-state index contributed by atoms with van der Waals surface area (Å²) >= 11 is 0. The Bertz CT molecular complexity index is 195. The molecule has 1 heterocycles. The molecule has 0 aromatic carbocycles. The Hall–Kier alpha value is -1.13. The Labute approximate surface area is 71.3 Å². The second-order valence-corrected chi connectivity index (χ2v) is 3.06. The van der Waals surface area contributed by atoms with Crippen LogP contribution < -0.4 is 0 Å². The van der Waals surface area contributed by atoms with Crippen LogP contribution in [0, 0.1) is 4.91 Å². The van der Waals surface area contributed by atoms with Crippen molar-refractivity contribution in [2.24, 2.45) is 5.29 Å². The van der Waals surface area contributed by atoms with Crippen LogP contribution in [0.4, 0.5) is 0 Å². The summed E-state index contributed by atoms with van der Waals surface area (Å²) in [6.45, 7) is 5.15. The zero-order valence-corrected chi connectivity index (χ0v) is 7.36. The highest BCUT2D eigenvalue weighted by atomic mass is 16.3. The van der Waals surface area contributed by atoms with Crippen molar-refractivity contribution in [3.63, 3.8) is 0 Å². The van der Waals surface area contributed by atoms with Gasteiger partial charge in [-0.05, 0) is 6.92 Å². The molecule has 1 unspecified atom stereocenters. The van der Waals surface area contributed by atoms with Gasteiger partial charge in [-0.3, -0.25) is 9.80 Å². The SMILES string of the molecule is CC(=O)N1CCN(N=O)CC1C. The molecule has 1 fully saturated rings. The molecule has 0 aromatic heterocycles. The second kappa shape index (κ2) is 3.51. The Morgan fingerprint density at radius 2 is 2.17 bits per heavy atom. The van der Waals surface area contributed by atoms with Crippen LogP contribution in [-0.4, -0.2) is 41.5 Å². The highest BCUT2D eigenvalue weighted by molar-refractivity contribution is 5.73. The summed E-state index contributed by atoms with van der Waals surface area (Å²) < 4.78 is 0. The molecule has 0 radical (unpaired) electrons. The van der Waals surface area contributed by atoms with Gasteiger partial charge in [-0.2, -0.15) is 0 Å². The van der Waals surface area contributed by atoms with Gasteiger partial charge >= 0.3 is 0 Å². The largest absolute Gasteiger partial charge is 0.337 e. The molecule has 1 saturated heterocycles. The monoisotopic (exact) mass is 171 g/mol. The molecule has 0 saturated carbocycles. The molecule has 0 spiro atoms. The molecular formula is C7H13N3O2. The first-order valence-electron chi connectivity index (χ1n) is 4.00. The molecule has 1 amide bonds. The van der Waals surface area contributed by atoms with Gasteiger partial charge in [0.05, 0.1) is 18.4 Å². The number of carbonyl (C=O) groups excluding carboxylic acids is 1. The maximum atomic E-state index is 11.0. The van der Waals surface area contributed by atoms with Gasteiger partial charge in [0.2, 0.25) is 5.91 Å². The van der Waals surface area contributed by atoms with Crippen LogP contribution in [0.3, 0.4) is 0 Å². The van der Waals surface area contributed by atoms with E-state index in [4.69, 9.17) is 0 Å². The molecule has 0 bridgehead atoms. The first-order valence-corrected chi connectivity index (χ1v) is 4.00. The fourth-order valence-electron chi connectivity index (χ4n) is 1.48. The van der Waals surface area contributed by atoms with Gasteiger partial charge in [0, 0.05) is 19.5 Å². The van der Waals surface area contributed by atoms with E-state index in [1.54, 1.807) is 11.8 Å². The summed E-state index contributed by atoms with van der Waals surface area (Å²) in [6.07, 6.45) is 0. The zero-order valence-electron chi connectivity index (χ0n) is 7.36. The maximum absolute atomic E-state index is 11.0. The van der Waals surface area contributed by atoms with Gasteiger partial charge in [0.25, 0.3) is 0 Å². The molecule has 0 aromatic rings. The van der Waals surface area contributed by atoms with Crippen LogP contribution in [0.25, 0.3) is 0 Å². The molecule has 1 atom stereocenters. The average Bonchev–Trinajstić information content (AvgIpc) is 2.03. The van der Waals surface area contributed by atoms with Gasteiger partial charge < -0.3 is 4.90 Å². The van der Waals surface area contributed by atoms with E-state index in [-0.39, 0.29) is 11.9 Å². The lowest BCUT2D eigenvalue weighted by Crippen LogP contribution is -2.51. The van der Waals surface area contributed by atoms with Crippen LogP contribution in [0.5, 0.6) is 0 Å². The lowest BCUT2D eigenvalue weighted by Gasteiger charge is -2.36. The number of hydrogen-bond acceptors (Lipinski definition) is 3. The summed E-state index contributed by atoms with van der Waals surface area (Å²) in [5.74, 6) is 0.0630. The van der Waals surface area contributed by atoms with Crippen molar-refractivity contribution in [2.45, 2.75) is 19.9 Å². The Morgan fingerprint density at radius 3 is 2.58 bits per heavy atom. The summed E-state index contributed by atoms with van der Waals surface area (Å²) in [5, 5.41) is 4.29. The van der Waals surface area contributed by atoms with Crippen LogP contribution in [0.2, 0.25) is 0 Å². The van der Waals surface area contributed by atoms with Crippen molar-refractivity contribution in [1.29, 1.82) is 0 Å². The number of nitroso groups, excluding NO2 is 1. The molecular weight excluding hydrogens is 158 g/mol. The minimum Gasteiger partial charge on any atom is -0.337 e. The Kier molecular flexibility index (Phi) is 2.62. The van der Waals surface area contributed by atoms with Crippen LogP contribution in [-0.2, 0) is 4.79 Å². The van der Waals surface area contributed by atoms with Crippen molar-refractivity contribution in [3.05, 3.63) is 4.91 Å². The molecule has 5 nitrogen and oxygen atoms in total. The van der Waals surface area contributed by atoms with Crippen molar-refractivity contribution < 1.29 is 4.79 Å². The lowest BCUT2D eigenvalue weighted by atomic mass is 10.2. The minimum atomic E-state index is 0.0630. The van der Waals surface area contributed by atoms with Crippen molar-refractivity contribution in [1.82, 2.24) is 9.91 Å². The fraction of sp³-hybridized carbons (Fsp3) is 0.857. The molecule has 1 aliphatic heterocycles. The highest BCUT2D eigenvalue weighted by Gasteiger charge is 2.24. The number of nitrogens with zero attached hydrogens (tertiary/aromatic N) is 3. The van der Waals surface area contributed by atoms with E-state index in [0.29, 0.717) is 19.6 Å². The van der Waals surface area contributed by atoms with Crippen molar-refractivity contribution in [3.8, 4) is 0 Å². The van der Waals surface area contributed by atoms with Crippen molar-refractivity contribution in [2.75, 3.05) is 19.6 Å². The fourth-order valence-corrected chi connectivity index (χ4v) is 1.48. The minimum absolute atomic E-state index is 0.0630. The maximum Gasteiger partial charge on any atom is 0.219 e. The topological polar surface area (TPSA) is 53.0 Å². The van der Waals surface area contributed by atoms with E-state index in [2.05, 4.69) is 5.29 Å². The number of hydrogen-bond donors (Lipinski definition) is 0. The van der Waals surface area contributed by atoms with E-state index in [1.807, 2.05) is 6.92 Å². The second-order valence-electron chi connectivity index (χ2n) is 3.06. The summed E-state index contributed by atoms with van der Waals surface area (Å²) in [4.78, 5) is 22.9. The summed E-state index contributed by atoms with van der Waals surface area (Å²) in [6, 6.07) is 0.0916. The van der Waals surface area contributed by atoms with Gasteiger partial charge in [-0.15, -0.1) is 4.91 Å². The third-order valence-corrected chi connectivity index (χ3v) is 2.13. The molecule has 68 valence electrons. The van der Waals surface area contributed by atoms with Crippen LogP contribution in [0.1, 0.15) is 13.8 Å². The molecule has 0 N–H and O–H groups in total. The van der Waals surface area contributed by atoms with Crippen molar-refractivity contribution >= 4 is 5.91 Å². The van der Waals surface area contributed by atoms with E-state index in [1.165, 1.54) is 5.01 Å². The Balaban J connectivity index is 2.53. The standard InChI is InChI=1S/C7H13N3O2/c1-6-5-9(8-12)3-4-10(6)7(2)11/h6H,3-5H2,1-2H3. The quantitative estimate of drug-likeness (QED) is 0.530. The van der Waals surface area contributed by atoms with E-state index in [0.717, 1.165) is 0 Å². The van der Waals surface area contributed by atoms with Gasteiger partial charge in [-0.1, -0.05) is 0 Å². The smallest absolute Gasteiger partial charge is 0.219 e. The highest BCUT2D eigenvalue weighted by Crippen LogP contribution is 2.09. The molecule has 5 heteroatoms. The Morgan fingerprint density at radius 1 is 1.50 bits per heavy atom. The van der Waals surface area contributed by atoms with E-state index < -0.39 is 0 Å². The zero-order chi connectivity index (χ0) is 9.14. The number of piperazine rings is 1. The molecule has 1 aliphatic rings. The normalized spacial score (nSPS) is 24.0. The predicted octanol–water partition coefficient (Wildman–Crippen LogP) is 0.220. The first-order chi connectivity index (χ1) is 5.65. The van der Waals surface area contributed by atoms with Gasteiger partial charge in [0.15, 0.2) is 0 Å². The number of carbonyl (C=O) groups is 1. The predicted molar refractivity (Wildman–Crippen MR) is 44.2 cm³/mol. The third-order valence-electron chi connectivity index (χ3n) is 2.13. The van der Waals surface area contributed by atoms with Gasteiger partial charge in [0.1, 0.15) is 0 Å². The number of amides is 1. The molecule has 1 rings (SSSR count). The molecule has 12 heavy (non-hydrogen) atoms. The average molecular weight is 171 g/mol. The van der Waals surface area contributed by atoms with Crippen LogP contribution in [0.15, 0.2) is 5.29 Å². The van der Waals surface area contributed by atoms with Crippen LogP contribution >= 0.6 is 0 Å². The summed E-state index contributed by atoms with van der Waals surface area (Å²) in [7, 11) is 0. The van der Waals surface area contributed by atoms with E-state index in [9.17, 15) is 9.70 Å². The molecule has 0 aliphatic carbocycles. The lowest BCUT2D eigenvalue weighted by molar-refractivity contribution is -0.133. The van der Waals surface area contributed by atoms with Gasteiger partial charge in [-0.25, -0.2) is 0 Å². The first kappa shape index (κ1) is 8.96. The third kappa shape index (κ3) is 1.72. The summed E-state index contributed by atoms with van der Waals surface area (Å²) in [5.41, 5.74) is 0. The van der Waals surface area contributed by atoms with E-state index >= 15 is 0 Å².